The van der Waals surface area contributed by atoms with Crippen molar-refractivity contribution in [1.82, 2.24) is 0 Å². The fraction of sp³-hybridized carbons (Fsp3) is 0.176. The van der Waals surface area contributed by atoms with Crippen LogP contribution in [0.4, 0.5) is 0 Å². The normalized spacial score (nSPS) is 9.91. The second kappa shape index (κ2) is 7.26. The Morgan fingerprint density at radius 1 is 0.909 bits per heavy atom. The van der Waals surface area contributed by atoms with Crippen LogP contribution in [0.3, 0.4) is 0 Å². The van der Waals surface area contributed by atoms with Crippen molar-refractivity contribution in [3.63, 3.8) is 0 Å². The van der Waals surface area contributed by atoms with Gasteiger partial charge in [-0.25, -0.2) is 9.59 Å². The highest BCUT2D eigenvalue weighted by atomic mass is 16.5. The summed E-state index contributed by atoms with van der Waals surface area (Å²) in [6.45, 7) is 2.39. The van der Waals surface area contributed by atoms with Crippen LogP contribution in [0.15, 0.2) is 48.5 Å². The van der Waals surface area contributed by atoms with Gasteiger partial charge in [0.25, 0.3) is 0 Å². The molecular weight excluding hydrogens is 284 g/mol. The average Bonchev–Trinajstić information content (AvgIpc) is 2.55. The molecule has 2 rings (SSSR count). The lowest BCUT2D eigenvalue weighted by Crippen LogP contribution is -2.09. The number of esters is 2. The lowest BCUT2D eigenvalue weighted by atomic mass is 10.2. The largest absolute Gasteiger partial charge is 0.494 e. The number of methoxy groups -OCH3 is 1. The van der Waals surface area contributed by atoms with Crippen molar-refractivity contribution in [2.45, 2.75) is 6.92 Å². The van der Waals surface area contributed by atoms with E-state index < -0.39 is 11.9 Å². The molecule has 0 amide bonds. The van der Waals surface area contributed by atoms with E-state index in [4.69, 9.17) is 9.47 Å². The molecule has 0 saturated heterocycles. The van der Waals surface area contributed by atoms with Crippen LogP contribution in [0.25, 0.3) is 0 Å². The van der Waals surface area contributed by atoms with Crippen LogP contribution in [0.1, 0.15) is 27.6 Å². The first-order valence-electron chi connectivity index (χ1n) is 6.77. The summed E-state index contributed by atoms with van der Waals surface area (Å²) in [5.74, 6) is 0.0205. The second-order valence-corrected chi connectivity index (χ2v) is 4.37. The van der Waals surface area contributed by atoms with Gasteiger partial charge in [-0.2, -0.15) is 0 Å². The Balaban J connectivity index is 2.08. The molecule has 0 aliphatic rings. The maximum Gasteiger partial charge on any atom is 0.343 e. The highest BCUT2D eigenvalue weighted by Gasteiger charge is 2.11. The monoisotopic (exact) mass is 300 g/mol. The molecule has 2 aromatic carbocycles. The predicted molar refractivity (Wildman–Crippen MR) is 80.4 cm³/mol. The summed E-state index contributed by atoms with van der Waals surface area (Å²) in [5, 5.41) is 0. The first-order valence-corrected chi connectivity index (χ1v) is 6.77. The topological polar surface area (TPSA) is 61.8 Å². The molecule has 0 saturated carbocycles. The van der Waals surface area contributed by atoms with E-state index in [-0.39, 0.29) is 0 Å². The first-order chi connectivity index (χ1) is 10.6. The van der Waals surface area contributed by atoms with Crippen molar-refractivity contribution >= 4 is 11.9 Å². The summed E-state index contributed by atoms with van der Waals surface area (Å²) in [7, 11) is 1.31. The third kappa shape index (κ3) is 3.85. The van der Waals surface area contributed by atoms with Crippen molar-refractivity contribution in [3.8, 4) is 11.5 Å². The van der Waals surface area contributed by atoms with Crippen LogP contribution in [0.5, 0.6) is 11.5 Å². The molecular formula is C17H16O5. The molecule has 5 nitrogen and oxygen atoms in total. The van der Waals surface area contributed by atoms with Crippen LogP contribution in [0.2, 0.25) is 0 Å². The number of benzene rings is 2. The van der Waals surface area contributed by atoms with Crippen molar-refractivity contribution in [2.24, 2.45) is 0 Å². The summed E-state index contributed by atoms with van der Waals surface area (Å²) in [6, 6.07) is 12.9. The molecule has 0 heterocycles. The number of carbonyl (C=O) groups is 2. The quantitative estimate of drug-likeness (QED) is 0.627. The van der Waals surface area contributed by atoms with Crippen molar-refractivity contribution in [3.05, 3.63) is 59.7 Å². The van der Waals surface area contributed by atoms with Gasteiger partial charge in [-0.05, 0) is 49.4 Å². The molecule has 0 N–H and O–H groups in total. The van der Waals surface area contributed by atoms with Gasteiger partial charge in [-0.15, -0.1) is 0 Å². The number of rotatable bonds is 5. The Kier molecular flexibility index (Phi) is 5.14. The van der Waals surface area contributed by atoms with Gasteiger partial charge in [0.2, 0.25) is 0 Å². The Morgan fingerprint density at radius 2 is 1.64 bits per heavy atom. The highest BCUT2D eigenvalue weighted by molar-refractivity contribution is 5.92. The van der Waals surface area contributed by atoms with Gasteiger partial charge in [0.05, 0.1) is 24.8 Å². The van der Waals surface area contributed by atoms with Crippen molar-refractivity contribution < 1.29 is 23.8 Å². The highest BCUT2D eigenvalue weighted by Crippen LogP contribution is 2.17. The molecule has 0 atom stereocenters. The van der Waals surface area contributed by atoms with E-state index in [1.807, 2.05) is 6.92 Å². The van der Waals surface area contributed by atoms with Gasteiger partial charge in [-0.1, -0.05) is 6.07 Å². The third-order valence-electron chi connectivity index (χ3n) is 2.87. The molecule has 0 unspecified atom stereocenters. The minimum absolute atomic E-state index is 0.347. The summed E-state index contributed by atoms with van der Waals surface area (Å²) in [5.41, 5.74) is 0.781. The molecule has 0 radical (unpaired) electrons. The van der Waals surface area contributed by atoms with E-state index in [1.54, 1.807) is 24.3 Å². The van der Waals surface area contributed by atoms with Crippen LogP contribution in [-0.4, -0.2) is 25.7 Å². The van der Waals surface area contributed by atoms with Gasteiger partial charge in [-0.3, -0.25) is 0 Å². The lowest BCUT2D eigenvalue weighted by Gasteiger charge is -2.07. The molecule has 2 aromatic rings. The maximum atomic E-state index is 12.1. The van der Waals surface area contributed by atoms with Gasteiger partial charge < -0.3 is 14.2 Å². The molecule has 0 aliphatic carbocycles. The van der Waals surface area contributed by atoms with Gasteiger partial charge in [0.1, 0.15) is 11.5 Å². The van der Waals surface area contributed by atoms with E-state index in [0.29, 0.717) is 29.2 Å². The molecule has 0 bridgehead atoms. The van der Waals surface area contributed by atoms with E-state index in [2.05, 4.69) is 4.74 Å². The Labute approximate surface area is 128 Å². The van der Waals surface area contributed by atoms with Gasteiger partial charge in [0.15, 0.2) is 0 Å². The molecule has 0 aliphatic heterocycles. The molecule has 114 valence electrons. The standard InChI is InChI=1S/C17H16O5/c1-3-21-15-6-4-5-13(11-15)17(19)22-14-9-7-12(8-10-14)16(18)20-2/h4-11H,3H2,1-2H3. The minimum Gasteiger partial charge on any atom is -0.494 e. The predicted octanol–water partition coefficient (Wildman–Crippen LogP) is 3.09. The minimum atomic E-state index is -0.493. The van der Waals surface area contributed by atoms with E-state index in [1.165, 1.54) is 31.4 Å². The number of hydrogen-bond acceptors (Lipinski definition) is 5. The third-order valence-corrected chi connectivity index (χ3v) is 2.87. The Morgan fingerprint density at radius 3 is 2.27 bits per heavy atom. The summed E-state index contributed by atoms with van der Waals surface area (Å²) >= 11 is 0. The van der Waals surface area contributed by atoms with E-state index >= 15 is 0 Å². The first kappa shape index (κ1) is 15.6. The Bertz CT molecular complexity index is 661. The van der Waals surface area contributed by atoms with Crippen LogP contribution >= 0.6 is 0 Å². The van der Waals surface area contributed by atoms with Crippen molar-refractivity contribution in [1.29, 1.82) is 0 Å². The molecule has 5 heteroatoms. The van der Waals surface area contributed by atoms with Crippen LogP contribution < -0.4 is 9.47 Å². The fourth-order valence-corrected chi connectivity index (χ4v) is 1.82. The lowest BCUT2D eigenvalue weighted by molar-refractivity contribution is 0.0600. The summed E-state index contributed by atoms with van der Waals surface area (Å²) in [6.07, 6.45) is 0. The number of hydrogen-bond donors (Lipinski definition) is 0. The molecule has 0 fully saturated rings. The zero-order chi connectivity index (χ0) is 15.9. The zero-order valence-electron chi connectivity index (χ0n) is 12.4. The molecule has 0 spiro atoms. The summed E-state index contributed by atoms with van der Waals surface area (Å²) in [4.78, 5) is 23.4. The Hall–Kier alpha value is -2.82. The van der Waals surface area contributed by atoms with Gasteiger partial charge >= 0.3 is 11.9 Å². The van der Waals surface area contributed by atoms with E-state index in [0.717, 1.165) is 0 Å². The van der Waals surface area contributed by atoms with Crippen molar-refractivity contribution in [2.75, 3.05) is 13.7 Å². The number of carbonyl (C=O) groups excluding carboxylic acids is 2. The van der Waals surface area contributed by atoms with E-state index in [9.17, 15) is 9.59 Å². The fourth-order valence-electron chi connectivity index (χ4n) is 1.82. The average molecular weight is 300 g/mol. The van der Waals surface area contributed by atoms with Crippen LogP contribution in [0, 0.1) is 0 Å². The van der Waals surface area contributed by atoms with Crippen LogP contribution in [-0.2, 0) is 4.74 Å². The smallest absolute Gasteiger partial charge is 0.343 e. The zero-order valence-corrected chi connectivity index (χ0v) is 12.4. The maximum absolute atomic E-state index is 12.1. The number of ether oxygens (including phenoxy) is 3. The van der Waals surface area contributed by atoms with Gasteiger partial charge in [0, 0.05) is 0 Å². The second-order valence-electron chi connectivity index (χ2n) is 4.37. The molecule has 22 heavy (non-hydrogen) atoms. The summed E-state index contributed by atoms with van der Waals surface area (Å²) < 4.78 is 15.2. The molecule has 0 aromatic heterocycles. The SMILES string of the molecule is CCOc1cccc(C(=O)Oc2ccc(C(=O)OC)cc2)c1.